The first-order valence-electron chi connectivity index (χ1n) is 27.2. The Morgan fingerprint density at radius 3 is 1.39 bits per heavy atom. The molecule has 2 heterocycles. The van der Waals surface area contributed by atoms with E-state index in [1.807, 2.05) is 6.20 Å². The van der Waals surface area contributed by atoms with Gasteiger partial charge >= 0.3 is 0 Å². The van der Waals surface area contributed by atoms with Crippen LogP contribution in [-0.4, -0.2) is 9.97 Å². The van der Waals surface area contributed by atoms with Gasteiger partial charge in [0.15, 0.2) is 0 Å². The summed E-state index contributed by atoms with van der Waals surface area (Å²) < 4.78 is 7.45. The fraction of sp³-hybridized carbons (Fsp3) is 0.0263. The second kappa shape index (κ2) is 19.4. The smallest absolute Gasteiger partial charge is 0.143 e. The third-order valence-corrected chi connectivity index (χ3v) is 16.0. The van der Waals surface area contributed by atoms with Crippen LogP contribution < -0.4 is 0 Å². The second-order valence-electron chi connectivity index (χ2n) is 20.8. The predicted molar refractivity (Wildman–Crippen MR) is 331 cm³/mol. The summed E-state index contributed by atoms with van der Waals surface area (Å²) in [6, 6.07) is 96.2. The molecule has 1 unspecified atom stereocenters. The molecule has 0 saturated heterocycles. The number of allylic oxidation sites excluding steroid dienone is 4. The molecule has 14 aromatic rings. The Labute approximate surface area is 458 Å². The van der Waals surface area contributed by atoms with Crippen LogP contribution in [0.5, 0.6) is 0 Å². The molecule has 0 bridgehead atoms. The van der Waals surface area contributed by atoms with Crippen LogP contribution in [-0.2, 0) is 0 Å². The number of fused-ring (bicyclic) bond motifs is 9. The van der Waals surface area contributed by atoms with Gasteiger partial charge in [-0.25, -0.2) is 4.98 Å². The van der Waals surface area contributed by atoms with Crippen molar-refractivity contribution >= 4 is 65.7 Å². The molecule has 0 saturated carbocycles. The van der Waals surface area contributed by atoms with Crippen LogP contribution in [0.25, 0.3) is 133 Å². The molecule has 3 nitrogen and oxygen atoms in total. The average Bonchev–Trinajstić information content (AvgIpc) is 4.09. The van der Waals surface area contributed by atoms with E-state index in [9.17, 15) is 0 Å². The minimum Gasteiger partial charge on any atom is -0.455 e. The van der Waals surface area contributed by atoms with E-state index in [2.05, 4.69) is 279 Å². The van der Waals surface area contributed by atoms with Crippen molar-refractivity contribution in [2.24, 2.45) is 0 Å². The van der Waals surface area contributed by atoms with Gasteiger partial charge in [-0.3, -0.25) is 4.98 Å². The van der Waals surface area contributed by atoms with Crippen LogP contribution in [0.15, 0.2) is 290 Å². The van der Waals surface area contributed by atoms with Crippen LogP contribution in [0.3, 0.4) is 0 Å². The monoisotopic (exact) mass is 1010 g/mol. The zero-order chi connectivity index (χ0) is 52.2. The first kappa shape index (κ1) is 46.1. The minimum atomic E-state index is 0.173. The van der Waals surface area contributed by atoms with Crippen LogP contribution in [0.1, 0.15) is 29.0 Å². The molecule has 79 heavy (non-hydrogen) atoms. The lowest BCUT2D eigenvalue weighted by atomic mass is 9.81. The Bertz CT molecular complexity index is 4620. The van der Waals surface area contributed by atoms with E-state index < -0.39 is 0 Å². The van der Waals surface area contributed by atoms with Crippen molar-refractivity contribution in [2.75, 3.05) is 0 Å². The highest BCUT2D eigenvalue weighted by molar-refractivity contribution is 6.23. The van der Waals surface area contributed by atoms with E-state index in [0.29, 0.717) is 0 Å². The third kappa shape index (κ3) is 8.41. The molecular weight excluding hydrogens is 957 g/mol. The first-order chi connectivity index (χ1) is 39.1. The van der Waals surface area contributed by atoms with Crippen LogP contribution in [0.2, 0.25) is 0 Å². The molecule has 0 aliphatic heterocycles. The van der Waals surface area contributed by atoms with Gasteiger partial charge < -0.3 is 4.42 Å². The van der Waals surface area contributed by atoms with Crippen molar-refractivity contribution in [3.8, 4) is 66.9 Å². The first-order valence-corrected chi connectivity index (χ1v) is 27.2. The van der Waals surface area contributed by atoms with Crippen molar-refractivity contribution in [3.63, 3.8) is 0 Å². The van der Waals surface area contributed by atoms with E-state index in [1.165, 1.54) is 44.2 Å². The number of hydrogen-bond donors (Lipinski definition) is 0. The van der Waals surface area contributed by atoms with Gasteiger partial charge in [-0.1, -0.05) is 231 Å². The zero-order valence-corrected chi connectivity index (χ0v) is 43.2. The quantitative estimate of drug-likeness (QED) is 0.135. The average molecular weight is 1010 g/mol. The summed E-state index contributed by atoms with van der Waals surface area (Å²) in [5, 5.41) is 6.65. The second-order valence-corrected chi connectivity index (χ2v) is 20.8. The Balaban J connectivity index is 0.986. The van der Waals surface area contributed by atoms with Gasteiger partial charge in [0.1, 0.15) is 11.2 Å². The van der Waals surface area contributed by atoms with Crippen LogP contribution in [0.4, 0.5) is 0 Å². The van der Waals surface area contributed by atoms with Gasteiger partial charge in [-0.2, -0.15) is 0 Å². The standard InChI is InChI=1S/C76H50N2O/c1-6-21-49(22-7-1)56-38-57(50-23-8-2-9-24-50)41-60(40-56)62-44-68(53-29-14-5-15-30-53)75-70(46-62)71-47-63(61-42-58(51-25-10-3-11-26-51)39-59(43-61)52-27-12-4-13-28-52)45-69(76(71)79-75)54-31-20-32-55(37-54)72-48-77-73-66-35-18-16-33-64(66)65-34-17-19-36-67(65)74(73)78-72/h1-38,40-48,58H,39H2. The van der Waals surface area contributed by atoms with E-state index in [1.54, 1.807) is 0 Å². The Morgan fingerprint density at radius 2 is 0.772 bits per heavy atom. The van der Waals surface area contributed by atoms with E-state index >= 15 is 0 Å². The van der Waals surface area contributed by atoms with Crippen molar-refractivity contribution in [1.29, 1.82) is 0 Å². The summed E-state index contributed by atoms with van der Waals surface area (Å²) in [4.78, 5) is 10.6. The maximum Gasteiger partial charge on any atom is 0.143 e. The van der Waals surface area contributed by atoms with Gasteiger partial charge in [0, 0.05) is 44.2 Å². The van der Waals surface area contributed by atoms with Crippen molar-refractivity contribution in [3.05, 3.63) is 302 Å². The van der Waals surface area contributed by atoms with E-state index in [4.69, 9.17) is 14.4 Å². The topological polar surface area (TPSA) is 38.9 Å². The van der Waals surface area contributed by atoms with E-state index in [-0.39, 0.29) is 5.92 Å². The fourth-order valence-corrected chi connectivity index (χ4v) is 12.1. The Morgan fingerprint density at radius 1 is 0.329 bits per heavy atom. The van der Waals surface area contributed by atoms with Crippen molar-refractivity contribution < 1.29 is 4.42 Å². The molecule has 0 spiro atoms. The molecule has 0 radical (unpaired) electrons. The number of benzene rings is 12. The van der Waals surface area contributed by atoms with E-state index in [0.717, 1.165) is 111 Å². The molecular formula is C76H50N2O. The lowest BCUT2D eigenvalue weighted by Gasteiger charge is -2.23. The Hall–Kier alpha value is -10.2. The maximum atomic E-state index is 7.45. The lowest BCUT2D eigenvalue weighted by Crippen LogP contribution is -2.04. The SMILES string of the molecule is C1=C(c2cc(-c3cccc(-c4cnc5c6ccccc6c6ccccc6c5n4)c3)c3oc4c(-c5ccccc5)cc(-c5cc(-c6ccccc6)cc(-c6ccccc6)c5)cc4c3c2)C=C(c2ccccc2)CC1c1ccccc1. The molecule has 0 N–H and O–H groups in total. The number of hydrogen-bond acceptors (Lipinski definition) is 3. The van der Waals surface area contributed by atoms with Gasteiger partial charge in [0.25, 0.3) is 0 Å². The van der Waals surface area contributed by atoms with Crippen molar-refractivity contribution in [2.45, 2.75) is 12.3 Å². The summed E-state index contributed by atoms with van der Waals surface area (Å²) in [5.74, 6) is 0.173. The molecule has 3 heteroatoms. The van der Waals surface area contributed by atoms with Gasteiger partial charge in [0.2, 0.25) is 0 Å². The molecule has 1 atom stereocenters. The Kier molecular flexibility index (Phi) is 11.3. The molecule has 2 aromatic heterocycles. The molecule has 0 amide bonds. The number of rotatable bonds is 9. The van der Waals surface area contributed by atoms with Crippen molar-refractivity contribution in [1.82, 2.24) is 9.97 Å². The zero-order valence-electron chi connectivity index (χ0n) is 43.2. The molecule has 0 fully saturated rings. The highest BCUT2D eigenvalue weighted by Gasteiger charge is 2.24. The molecule has 1 aliphatic rings. The summed E-state index contributed by atoms with van der Waals surface area (Å²) in [6.45, 7) is 0. The molecule has 12 aromatic carbocycles. The minimum absolute atomic E-state index is 0.173. The number of furan rings is 1. The summed E-state index contributed by atoms with van der Waals surface area (Å²) in [5.41, 5.74) is 22.5. The highest BCUT2D eigenvalue weighted by Crippen LogP contribution is 2.47. The maximum absolute atomic E-state index is 7.45. The van der Waals surface area contributed by atoms with Crippen LogP contribution >= 0.6 is 0 Å². The summed E-state index contributed by atoms with van der Waals surface area (Å²) in [7, 11) is 0. The third-order valence-electron chi connectivity index (χ3n) is 16.0. The number of nitrogens with zero attached hydrogens (tertiary/aromatic N) is 2. The summed E-state index contributed by atoms with van der Waals surface area (Å²) >= 11 is 0. The normalized spacial score (nSPS) is 13.5. The molecule has 1 aliphatic carbocycles. The lowest BCUT2D eigenvalue weighted by molar-refractivity contribution is 0.671. The largest absolute Gasteiger partial charge is 0.455 e. The summed E-state index contributed by atoms with van der Waals surface area (Å²) in [6.07, 6.45) is 7.73. The predicted octanol–water partition coefficient (Wildman–Crippen LogP) is 20.5. The highest BCUT2D eigenvalue weighted by atomic mass is 16.3. The van der Waals surface area contributed by atoms with Crippen LogP contribution in [0, 0.1) is 0 Å². The van der Waals surface area contributed by atoms with Gasteiger partial charge in [-0.05, 0) is 138 Å². The molecule has 370 valence electrons. The molecule has 15 rings (SSSR count). The number of aromatic nitrogens is 2. The fourth-order valence-electron chi connectivity index (χ4n) is 12.1. The van der Waals surface area contributed by atoms with Gasteiger partial charge in [0.05, 0.1) is 22.9 Å². The van der Waals surface area contributed by atoms with Gasteiger partial charge in [-0.15, -0.1) is 0 Å².